The molecule has 0 fully saturated rings. The first-order valence-electron chi connectivity index (χ1n) is 6.49. The molecule has 0 bridgehead atoms. The number of aromatic nitrogens is 3. The molecule has 0 aliphatic carbocycles. The van der Waals surface area contributed by atoms with E-state index in [1.54, 1.807) is 11.3 Å². The van der Waals surface area contributed by atoms with E-state index in [1.807, 2.05) is 20.3 Å². The Morgan fingerprint density at radius 3 is 2.95 bits per heavy atom. The molecular weight excluding hydrogens is 258 g/mol. The Balaban J connectivity index is 1.68. The molecule has 3 heterocycles. The highest BCUT2D eigenvalue weighted by Crippen LogP contribution is 2.23. The molecule has 0 N–H and O–H groups in total. The number of hydrogen-bond donors (Lipinski definition) is 0. The van der Waals surface area contributed by atoms with Crippen LogP contribution in [-0.4, -0.2) is 40.3 Å². The zero-order valence-corrected chi connectivity index (χ0v) is 12.4. The Labute approximate surface area is 117 Å². The maximum absolute atomic E-state index is 4.49. The van der Waals surface area contributed by atoms with Crippen molar-refractivity contribution in [1.82, 2.24) is 19.7 Å². The van der Waals surface area contributed by atoms with Crippen molar-refractivity contribution in [2.75, 3.05) is 25.5 Å². The van der Waals surface area contributed by atoms with Crippen LogP contribution in [0.3, 0.4) is 0 Å². The Morgan fingerprint density at radius 2 is 2.21 bits per heavy atom. The lowest BCUT2D eigenvalue weighted by Crippen LogP contribution is -2.33. The van der Waals surface area contributed by atoms with Crippen molar-refractivity contribution in [3.8, 4) is 0 Å². The van der Waals surface area contributed by atoms with Gasteiger partial charge in [0.15, 0.2) is 5.13 Å². The number of hydrogen-bond acceptors (Lipinski definition) is 5. The van der Waals surface area contributed by atoms with Gasteiger partial charge in [-0.2, -0.15) is 5.10 Å². The van der Waals surface area contributed by atoms with E-state index in [2.05, 4.69) is 37.6 Å². The zero-order chi connectivity index (χ0) is 13.4. The summed E-state index contributed by atoms with van der Waals surface area (Å²) in [7, 11) is 4.07. The highest BCUT2D eigenvalue weighted by molar-refractivity contribution is 7.15. The second kappa shape index (κ2) is 4.94. The van der Waals surface area contributed by atoms with Gasteiger partial charge in [0.05, 0.1) is 17.9 Å². The molecule has 0 amide bonds. The van der Waals surface area contributed by atoms with Crippen LogP contribution in [0.4, 0.5) is 5.13 Å². The molecule has 0 aromatic carbocycles. The van der Waals surface area contributed by atoms with Gasteiger partial charge in [0.2, 0.25) is 0 Å². The predicted octanol–water partition coefficient (Wildman–Crippen LogP) is 1.73. The molecule has 0 unspecified atom stereocenters. The molecule has 2 aromatic rings. The number of rotatable bonds is 3. The monoisotopic (exact) mass is 277 g/mol. The van der Waals surface area contributed by atoms with Crippen molar-refractivity contribution in [3.63, 3.8) is 0 Å². The van der Waals surface area contributed by atoms with Gasteiger partial charge in [0, 0.05) is 44.8 Å². The summed E-state index contributed by atoms with van der Waals surface area (Å²) in [4.78, 5) is 10.3. The molecule has 0 saturated carbocycles. The van der Waals surface area contributed by atoms with Gasteiger partial charge < -0.3 is 4.90 Å². The van der Waals surface area contributed by atoms with E-state index in [-0.39, 0.29) is 0 Å². The van der Waals surface area contributed by atoms with Gasteiger partial charge in [0.25, 0.3) is 0 Å². The van der Waals surface area contributed by atoms with Crippen molar-refractivity contribution >= 4 is 16.5 Å². The van der Waals surface area contributed by atoms with Crippen molar-refractivity contribution in [2.45, 2.75) is 26.6 Å². The van der Waals surface area contributed by atoms with Gasteiger partial charge in [-0.3, -0.25) is 9.58 Å². The van der Waals surface area contributed by atoms with Gasteiger partial charge in [-0.15, -0.1) is 11.3 Å². The fourth-order valence-corrected chi connectivity index (χ4v) is 3.27. The van der Waals surface area contributed by atoms with Crippen LogP contribution in [0.2, 0.25) is 0 Å². The Morgan fingerprint density at radius 1 is 1.37 bits per heavy atom. The van der Waals surface area contributed by atoms with Crippen LogP contribution in [0.5, 0.6) is 0 Å². The maximum atomic E-state index is 4.49. The largest absolute Gasteiger partial charge is 0.354 e. The van der Waals surface area contributed by atoms with E-state index >= 15 is 0 Å². The van der Waals surface area contributed by atoms with E-state index < -0.39 is 0 Å². The van der Waals surface area contributed by atoms with Gasteiger partial charge in [0.1, 0.15) is 0 Å². The van der Waals surface area contributed by atoms with Crippen molar-refractivity contribution < 1.29 is 0 Å². The summed E-state index contributed by atoms with van der Waals surface area (Å²) in [6.07, 6.45) is 2.00. The molecule has 102 valence electrons. The first-order chi connectivity index (χ1) is 9.11. The summed E-state index contributed by atoms with van der Waals surface area (Å²) in [6, 6.07) is 2.18. The van der Waals surface area contributed by atoms with E-state index in [4.69, 9.17) is 0 Å². The lowest BCUT2D eigenvalue weighted by atomic mass is 10.3. The van der Waals surface area contributed by atoms with Gasteiger partial charge in [-0.25, -0.2) is 4.98 Å². The van der Waals surface area contributed by atoms with Crippen LogP contribution in [0.1, 0.15) is 16.3 Å². The number of fused-ring (bicyclic) bond motifs is 1. The number of nitrogens with zero attached hydrogens (tertiary/aromatic N) is 5. The van der Waals surface area contributed by atoms with Crippen LogP contribution in [0.25, 0.3) is 0 Å². The average Bonchev–Trinajstić information content (AvgIpc) is 2.94. The first kappa shape index (κ1) is 12.6. The van der Waals surface area contributed by atoms with Crippen LogP contribution in [0, 0.1) is 6.92 Å². The highest BCUT2D eigenvalue weighted by atomic mass is 32.1. The summed E-state index contributed by atoms with van der Waals surface area (Å²) in [5, 5.41) is 5.57. The molecule has 1 aliphatic heterocycles. The third kappa shape index (κ3) is 2.64. The minimum absolute atomic E-state index is 0.982. The third-order valence-corrected chi connectivity index (χ3v) is 4.45. The second-order valence-corrected chi connectivity index (χ2v) is 6.31. The first-order valence-corrected chi connectivity index (χ1v) is 7.31. The molecule has 6 heteroatoms. The lowest BCUT2D eigenvalue weighted by Gasteiger charge is -2.26. The Bertz CT molecular complexity index is 571. The minimum Gasteiger partial charge on any atom is -0.354 e. The average molecular weight is 277 g/mol. The third-order valence-electron chi connectivity index (χ3n) is 3.30. The van der Waals surface area contributed by atoms with Crippen LogP contribution in [0.15, 0.2) is 12.3 Å². The van der Waals surface area contributed by atoms with Gasteiger partial charge in [-0.1, -0.05) is 0 Å². The van der Waals surface area contributed by atoms with Crippen molar-refractivity contribution in [1.29, 1.82) is 0 Å². The van der Waals surface area contributed by atoms with E-state index in [0.29, 0.717) is 0 Å². The molecule has 19 heavy (non-hydrogen) atoms. The summed E-state index contributed by atoms with van der Waals surface area (Å²) < 4.78 is 2.13. The smallest absolute Gasteiger partial charge is 0.185 e. The lowest BCUT2D eigenvalue weighted by molar-refractivity contribution is 0.206. The second-order valence-electron chi connectivity index (χ2n) is 5.21. The van der Waals surface area contributed by atoms with Gasteiger partial charge in [-0.05, 0) is 13.0 Å². The SMILES string of the molecule is Cc1cc2n(n1)CCN(Cc1cnc(N(C)C)s1)C2. The van der Waals surface area contributed by atoms with Crippen molar-refractivity contribution in [3.05, 3.63) is 28.5 Å². The standard InChI is InChI=1S/C13H19N5S/c1-10-6-11-8-17(4-5-18(11)15-10)9-12-7-14-13(19-12)16(2)3/h6-7H,4-5,8-9H2,1-3H3. The van der Waals surface area contributed by atoms with Crippen LogP contribution in [-0.2, 0) is 19.6 Å². The fourth-order valence-electron chi connectivity index (χ4n) is 2.40. The molecule has 0 atom stereocenters. The molecular formula is C13H19N5S. The topological polar surface area (TPSA) is 37.2 Å². The molecule has 3 rings (SSSR count). The van der Waals surface area contributed by atoms with Gasteiger partial charge >= 0.3 is 0 Å². The number of aryl methyl sites for hydroxylation is 1. The Kier molecular flexibility index (Phi) is 3.28. The molecule has 0 saturated heterocycles. The number of anilines is 1. The molecule has 5 nitrogen and oxygen atoms in total. The van der Waals surface area contributed by atoms with E-state index in [0.717, 1.165) is 37.0 Å². The molecule has 0 spiro atoms. The maximum Gasteiger partial charge on any atom is 0.185 e. The summed E-state index contributed by atoms with van der Waals surface area (Å²) in [6.45, 7) is 6.07. The quantitative estimate of drug-likeness (QED) is 0.856. The van der Waals surface area contributed by atoms with Crippen LogP contribution >= 0.6 is 11.3 Å². The molecule has 0 radical (unpaired) electrons. The zero-order valence-electron chi connectivity index (χ0n) is 11.6. The number of thiazole rings is 1. The van der Waals surface area contributed by atoms with Crippen molar-refractivity contribution in [2.24, 2.45) is 0 Å². The Hall–Kier alpha value is -1.40. The fraction of sp³-hybridized carbons (Fsp3) is 0.538. The van der Waals surface area contributed by atoms with Crippen LogP contribution < -0.4 is 4.90 Å². The molecule has 1 aliphatic rings. The summed E-state index contributed by atoms with van der Waals surface area (Å²) >= 11 is 1.77. The molecule has 2 aromatic heterocycles. The normalized spacial score (nSPS) is 15.5. The predicted molar refractivity (Wildman–Crippen MR) is 77.5 cm³/mol. The highest BCUT2D eigenvalue weighted by Gasteiger charge is 2.18. The summed E-state index contributed by atoms with van der Waals surface area (Å²) in [5.41, 5.74) is 2.44. The van der Waals surface area contributed by atoms with E-state index in [1.165, 1.54) is 10.6 Å². The van der Waals surface area contributed by atoms with E-state index in [9.17, 15) is 0 Å². The minimum atomic E-state index is 0.982. The summed E-state index contributed by atoms with van der Waals surface area (Å²) in [5.74, 6) is 0.